The zero-order valence-electron chi connectivity index (χ0n) is 36.8. The first-order valence-corrected chi connectivity index (χ1v) is 21.4. The smallest absolute Gasteiger partial charge is 0.324 e. The van der Waals surface area contributed by atoms with Crippen LogP contribution in [-0.4, -0.2) is 109 Å². The van der Waals surface area contributed by atoms with Crippen LogP contribution in [-0.2, 0) is 55.1 Å². The number of ether oxygens (including phenoxy) is 1. The Morgan fingerprint density at radius 1 is 1.08 bits per heavy atom. The van der Waals surface area contributed by atoms with Crippen molar-refractivity contribution in [2.24, 2.45) is 18.4 Å². The number of likely N-dealkylation sites (N-methyl/N-ethyl adjacent to an activating group) is 1. The van der Waals surface area contributed by atoms with E-state index in [0.29, 0.717) is 49.9 Å². The highest BCUT2D eigenvalue weighted by molar-refractivity contribution is 6.01. The largest absolute Gasteiger partial charge is 0.508 e. The molecule has 3 N–H and O–H groups in total. The fourth-order valence-electron chi connectivity index (χ4n) is 9.20. The predicted molar refractivity (Wildman–Crippen MR) is 235 cm³/mol. The fourth-order valence-corrected chi connectivity index (χ4v) is 9.20. The molecule has 2 saturated heterocycles. The number of aromatic hydroxyl groups is 1. The van der Waals surface area contributed by atoms with Crippen LogP contribution >= 0.6 is 0 Å². The summed E-state index contributed by atoms with van der Waals surface area (Å²) >= 11 is 0. The third kappa shape index (κ3) is 8.89. The molecule has 15 nitrogen and oxygen atoms in total. The number of carbonyl (C=O) groups excluding carboxylic acids is 5. The molecule has 0 spiro atoms. The maximum Gasteiger partial charge on any atom is 0.324 e. The van der Waals surface area contributed by atoms with Crippen LogP contribution in [0.2, 0.25) is 0 Å². The first kappa shape index (κ1) is 43.9. The predicted octanol–water partition coefficient (Wildman–Crippen LogP) is 4.87. The Bertz CT molecular complexity index is 2480. The van der Waals surface area contributed by atoms with E-state index < -0.39 is 41.2 Å². The summed E-state index contributed by atoms with van der Waals surface area (Å²) in [6.07, 6.45) is 7.03. The summed E-state index contributed by atoms with van der Waals surface area (Å²) in [5.41, 5.74) is 9.49. The van der Waals surface area contributed by atoms with Crippen molar-refractivity contribution in [3.63, 3.8) is 0 Å². The molecule has 3 aliphatic heterocycles. The summed E-state index contributed by atoms with van der Waals surface area (Å²) in [5.74, 6) is -2.73. The number of likely N-dealkylation sites (tertiary alicyclic amines) is 1. The van der Waals surface area contributed by atoms with Crippen LogP contribution in [0.1, 0.15) is 65.0 Å². The quantitative estimate of drug-likeness (QED) is 0.174. The number of aryl methyl sites for hydroxylation is 2. The summed E-state index contributed by atoms with van der Waals surface area (Å²) in [6, 6.07) is 9.40. The number of benzene rings is 2. The Morgan fingerprint density at radius 2 is 1.85 bits per heavy atom. The number of fused-ring (bicyclic) bond motifs is 6. The second-order valence-corrected chi connectivity index (χ2v) is 17.8. The lowest BCUT2D eigenvalue weighted by Gasteiger charge is -2.36. The van der Waals surface area contributed by atoms with Gasteiger partial charge in [-0.05, 0) is 105 Å². The third-order valence-corrected chi connectivity index (χ3v) is 12.2. The maximum atomic E-state index is 14.6. The maximum absolute atomic E-state index is 14.6. The molecule has 0 radical (unpaired) electrons. The Hall–Kier alpha value is -6.22. The van der Waals surface area contributed by atoms with Crippen molar-refractivity contribution in [2.45, 2.75) is 85.4 Å². The molecule has 3 aliphatic rings. The van der Waals surface area contributed by atoms with Gasteiger partial charge in [-0.25, -0.2) is 5.43 Å². The first-order chi connectivity index (χ1) is 29.5. The fraction of sp³-hybridized carbons (Fsp3) is 0.447. The molecule has 4 aromatic rings. The first-order valence-electron chi connectivity index (χ1n) is 21.4. The molecule has 0 saturated carbocycles. The molecule has 2 aromatic heterocycles. The number of phenols is 1. The zero-order chi connectivity index (χ0) is 44.6. The van der Waals surface area contributed by atoms with E-state index in [9.17, 15) is 29.1 Å². The number of hydrazine groups is 1. The van der Waals surface area contributed by atoms with Crippen LogP contribution in [0.15, 0.2) is 72.7 Å². The number of cyclic esters (lactones) is 1. The van der Waals surface area contributed by atoms with Gasteiger partial charge < -0.3 is 29.5 Å². The normalized spacial score (nSPS) is 20.3. The number of nitrogens with zero attached hydrogens (tertiary/aromatic N) is 6. The van der Waals surface area contributed by atoms with Gasteiger partial charge in [0.15, 0.2) is 0 Å². The van der Waals surface area contributed by atoms with Crippen LogP contribution in [0.25, 0.3) is 33.3 Å². The second-order valence-electron chi connectivity index (χ2n) is 17.8. The van der Waals surface area contributed by atoms with E-state index in [4.69, 9.17) is 4.74 Å². The molecule has 2 aromatic carbocycles. The number of aromatic nitrogens is 3. The molecule has 6 bridgehead atoms. The molecule has 2 fully saturated rings. The molecular formula is C47H58N8O7. The number of nitrogens with one attached hydrogen (secondary N) is 2. The second kappa shape index (κ2) is 17.6. The minimum Gasteiger partial charge on any atom is -0.508 e. The average Bonchev–Trinajstić information content (AvgIpc) is 3.98. The van der Waals surface area contributed by atoms with E-state index in [1.165, 1.54) is 23.0 Å². The molecular weight excluding hydrogens is 789 g/mol. The van der Waals surface area contributed by atoms with Crippen molar-refractivity contribution in [3.05, 3.63) is 83.8 Å². The SMILES string of the molecule is C=CC(=O)N1CC[C@H](C(=O)N(C)C(C(=O)N[C@H]2Cc3cc(O)cc(c3)-c3ccc4c(c3)c(c(-c3cnn(C)c3)n4CC)CC(C)(C)COC(=O)[C@@H]3CCCN(N3)C2=O)=C(C)C)C1. The van der Waals surface area contributed by atoms with Gasteiger partial charge in [-0.1, -0.05) is 32.6 Å². The molecule has 328 valence electrons. The van der Waals surface area contributed by atoms with Crippen molar-refractivity contribution in [2.75, 3.05) is 33.3 Å². The topological polar surface area (TPSA) is 171 Å². The van der Waals surface area contributed by atoms with Crippen LogP contribution in [0.5, 0.6) is 5.75 Å². The molecule has 0 aliphatic carbocycles. The van der Waals surface area contributed by atoms with E-state index in [1.807, 2.05) is 31.6 Å². The summed E-state index contributed by atoms with van der Waals surface area (Å²) in [6.45, 7) is 14.9. The van der Waals surface area contributed by atoms with Crippen molar-refractivity contribution < 1.29 is 33.8 Å². The number of amides is 4. The summed E-state index contributed by atoms with van der Waals surface area (Å²) in [5, 5.41) is 21.0. The summed E-state index contributed by atoms with van der Waals surface area (Å²) in [4.78, 5) is 71.7. The summed E-state index contributed by atoms with van der Waals surface area (Å²) in [7, 11) is 3.41. The lowest BCUT2D eigenvalue weighted by Crippen LogP contribution is -2.60. The molecule has 62 heavy (non-hydrogen) atoms. The van der Waals surface area contributed by atoms with E-state index >= 15 is 0 Å². The van der Waals surface area contributed by atoms with Crippen molar-refractivity contribution in [3.8, 4) is 28.1 Å². The van der Waals surface area contributed by atoms with Crippen molar-refractivity contribution >= 4 is 40.5 Å². The van der Waals surface area contributed by atoms with E-state index in [2.05, 4.69) is 59.9 Å². The highest BCUT2D eigenvalue weighted by atomic mass is 16.5. The van der Waals surface area contributed by atoms with Gasteiger partial charge in [-0.3, -0.25) is 33.7 Å². The summed E-state index contributed by atoms with van der Waals surface area (Å²) < 4.78 is 10.1. The molecule has 0 unspecified atom stereocenters. The minimum absolute atomic E-state index is 0.0113. The minimum atomic E-state index is -1.18. The molecule has 3 atom stereocenters. The van der Waals surface area contributed by atoms with Crippen LogP contribution in [0.4, 0.5) is 0 Å². The van der Waals surface area contributed by atoms with Crippen molar-refractivity contribution in [1.82, 2.24) is 39.9 Å². The lowest BCUT2D eigenvalue weighted by atomic mass is 9.84. The zero-order valence-corrected chi connectivity index (χ0v) is 36.8. The molecule has 15 heteroatoms. The van der Waals surface area contributed by atoms with E-state index in [-0.39, 0.29) is 49.4 Å². The van der Waals surface area contributed by atoms with Crippen LogP contribution in [0, 0.1) is 11.3 Å². The van der Waals surface area contributed by atoms with Gasteiger partial charge in [-0.15, -0.1) is 0 Å². The average molecular weight is 847 g/mol. The van der Waals surface area contributed by atoms with Crippen LogP contribution in [0.3, 0.4) is 0 Å². The van der Waals surface area contributed by atoms with Gasteiger partial charge in [0.05, 0.1) is 24.4 Å². The van der Waals surface area contributed by atoms with Gasteiger partial charge in [0.2, 0.25) is 11.8 Å². The van der Waals surface area contributed by atoms with Gasteiger partial charge in [0.25, 0.3) is 11.8 Å². The lowest BCUT2D eigenvalue weighted by molar-refractivity contribution is -0.155. The number of hydrogen-bond acceptors (Lipinski definition) is 9. The number of carbonyl (C=O) groups is 5. The van der Waals surface area contributed by atoms with Crippen molar-refractivity contribution in [1.29, 1.82) is 0 Å². The molecule has 5 heterocycles. The number of esters is 1. The number of rotatable bonds is 7. The van der Waals surface area contributed by atoms with E-state index in [0.717, 1.165) is 38.9 Å². The number of allylic oxidation sites excluding steroid dienone is 1. The van der Waals surface area contributed by atoms with Gasteiger partial charge in [-0.2, -0.15) is 5.10 Å². The Labute approximate surface area is 362 Å². The van der Waals surface area contributed by atoms with Gasteiger partial charge >= 0.3 is 5.97 Å². The highest BCUT2D eigenvalue weighted by Crippen LogP contribution is 2.40. The standard InChI is InChI=1S/C47H58N8O7/c1-9-40(57)53-17-15-31(26-53)44(59)52(8)41(28(3)4)43(58)49-38-20-29-18-32(21-34(56)19-29)30-13-14-39-35(22-30)36(42(54(39)10-2)33-24-48-51(7)25-33)23-47(5,6)27-62-46(61)37-12-11-16-55(50-37)45(38)60/h9,13-14,18-19,21-22,24-25,31,37-38,50,56H,1,10-12,15-17,20,23,26-27H2,2-8H3,(H,49,58)/t31-,37-,38-/m0/s1. The Kier molecular flexibility index (Phi) is 12.5. The van der Waals surface area contributed by atoms with E-state index in [1.54, 1.807) is 35.6 Å². The number of phenolic OH excluding ortho intramolecular Hbond substituents is 1. The Morgan fingerprint density at radius 3 is 2.55 bits per heavy atom. The highest BCUT2D eigenvalue weighted by Gasteiger charge is 2.38. The van der Waals surface area contributed by atoms with Gasteiger partial charge in [0.1, 0.15) is 23.5 Å². The molecule has 7 rings (SSSR count). The van der Waals surface area contributed by atoms with Crippen LogP contribution < -0.4 is 10.7 Å². The third-order valence-electron chi connectivity index (χ3n) is 12.2. The Balaban J connectivity index is 1.29. The molecule has 4 amide bonds. The number of hydrogen-bond donors (Lipinski definition) is 3. The monoisotopic (exact) mass is 846 g/mol. The van der Waals surface area contributed by atoms with Gasteiger partial charge in [0, 0.05) is 74.8 Å².